The Morgan fingerprint density at radius 1 is 1.07 bits per heavy atom. The van der Waals surface area contributed by atoms with Crippen LogP contribution in [0.1, 0.15) is 35.2 Å². The largest absolute Gasteiger partial charge is 0.482 e. The van der Waals surface area contributed by atoms with E-state index in [0.717, 1.165) is 12.8 Å². The lowest BCUT2D eigenvalue weighted by Crippen LogP contribution is -2.26. The first-order chi connectivity index (χ1) is 13.1. The van der Waals surface area contributed by atoms with Gasteiger partial charge in [0.25, 0.3) is 5.91 Å². The van der Waals surface area contributed by atoms with Crippen LogP contribution in [0.15, 0.2) is 48.5 Å². The molecule has 140 valence electrons. The number of rotatable bonds is 8. The summed E-state index contributed by atoms with van der Waals surface area (Å²) >= 11 is 0. The molecule has 1 aliphatic heterocycles. The van der Waals surface area contributed by atoms with Gasteiger partial charge in [0.2, 0.25) is 5.91 Å². The van der Waals surface area contributed by atoms with Crippen LogP contribution in [0, 0.1) is 0 Å². The molecule has 0 fully saturated rings. The van der Waals surface area contributed by atoms with Crippen molar-refractivity contribution in [3.8, 4) is 5.75 Å². The molecule has 2 N–H and O–H groups in total. The molecule has 0 atom stereocenters. The van der Waals surface area contributed by atoms with E-state index >= 15 is 0 Å². The van der Waals surface area contributed by atoms with E-state index in [0.29, 0.717) is 23.5 Å². The quantitative estimate of drug-likeness (QED) is 0.556. The van der Waals surface area contributed by atoms with Crippen molar-refractivity contribution in [2.75, 3.05) is 18.5 Å². The van der Waals surface area contributed by atoms with Crippen molar-refractivity contribution in [2.45, 2.75) is 25.7 Å². The number of benzene rings is 2. The Balaban J connectivity index is 1.40. The maximum atomic E-state index is 12.3. The zero-order chi connectivity index (χ0) is 19.1. The van der Waals surface area contributed by atoms with Gasteiger partial charge in [0, 0.05) is 24.9 Å². The van der Waals surface area contributed by atoms with Crippen LogP contribution in [0.25, 0.3) is 0 Å². The summed E-state index contributed by atoms with van der Waals surface area (Å²) in [7, 11) is 0. The maximum absolute atomic E-state index is 12.3. The zero-order valence-electron chi connectivity index (χ0n) is 15.0. The summed E-state index contributed by atoms with van der Waals surface area (Å²) in [6.45, 7) is 0.564. The summed E-state index contributed by atoms with van der Waals surface area (Å²) in [4.78, 5) is 35.6. The Morgan fingerprint density at radius 3 is 2.70 bits per heavy atom. The average molecular weight is 366 g/mol. The smallest absolute Gasteiger partial charge is 0.262 e. The van der Waals surface area contributed by atoms with Crippen LogP contribution in [0.3, 0.4) is 0 Å². The maximum Gasteiger partial charge on any atom is 0.262 e. The third-order valence-corrected chi connectivity index (χ3v) is 4.32. The second-order valence-electron chi connectivity index (χ2n) is 6.41. The molecule has 3 rings (SSSR count). The molecule has 0 aromatic heterocycles. The van der Waals surface area contributed by atoms with Gasteiger partial charge < -0.3 is 15.4 Å². The van der Waals surface area contributed by atoms with Gasteiger partial charge in [-0.1, -0.05) is 30.3 Å². The molecule has 2 amide bonds. The van der Waals surface area contributed by atoms with Crippen LogP contribution < -0.4 is 15.4 Å². The zero-order valence-corrected chi connectivity index (χ0v) is 15.0. The SMILES string of the molecule is O=C(CCC(=O)c1ccc2c(c1)NC(=O)CO2)NCCCc1ccccc1. The lowest BCUT2D eigenvalue weighted by atomic mass is 10.0. The highest BCUT2D eigenvalue weighted by molar-refractivity contribution is 6.01. The Bertz CT molecular complexity index is 833. The minimum Gasteiger partial charge on any atom is -0.482 e. The van der Waals surface area contributed by atoms with Crippen LogP contribution in [-0.2, 0) is 16.0 Å². The molecule has 0 saturated carbocycles. The molecular formula is C21H22N2O4. The van der Waals surface area contributed by atoms with Gasteiger partial charge >= 0.3 is 0 Å². The number of carbonyl (C=O) groups excluding carboxylic acids is 3. The van der Waals surface area contributed by atoms with Crippen LogP contribution in [0.5, 0.6) is 5.75 Å². The number of aryl methyl sites for hydroxylation is 1. The van der Waals surface area contributed by atoms with Crippen molar-refractivity contribution >= 4 is 23.3 Å². The first kappa shape index (κ1) is 18.6. The van der Waals surface area contributed by atoms with Crippen LogP contribution >= 0.6 is 0 Å². The van der Waals surface area contributed by atoms with Crippen LogP contribution in [0.4, 0.5) is 5.69 Å². The minimum atomic E-state index is -0.248. The summed E-state index contributed by atoms with van der Waals surface area (Å²) in [5.74, 6) is 0.0207. The highest BCUT2D eigenvalue weighted by Crippen LogP contribution is 2.28. The standard InChI is InChI=1S/C21H22N2O4/c24-18(16-8-10-19-17(13-16)23-21(26)14-27-19)9-11-20(25)22-12-4-7-15-5-2-1-3-6-15/h1-3,5-6,8,10,13H,4,7,9,11-12,14H2,(H,22,25)(H,23,26). The molecule has 27 heavy (non-hydrogen) atoms. The van der Waals surface area contributed by atoms with Gasteiger partial charge in [-0.3, -0.25) is 14.4 Å². The first-order valence-electron chi connectivity index (χ1n) is 9.02. The lowest BCUT2D eigenvalue weighted by molar-refractivity contribution is -0.121. The van der Waals surface area contributed by atoms with E-state index in [1.54, 1.807) is 18.2 Å². The molecule has 6 nitrogen and oxygen atoms in total. The number of hydrogen-bond acceptors (Lipinski definition) is 4. The highest BCUT2D eigenvalue weighted by atomic mass is 16.5. The summed E-state index contributed by atoms with van der Waals surface area (Å²) < 4.78 is 5.27. The summed E-state index contributed by atoms with van der Waals surface area (Å²) in [6, 6.07) is 15.0. The van der Waals surface area contributed by atoms with Gasteiger partial charge in [-0.2, -0.15) is 0 Å². The Kier molecular flexibility index (Phi) is 6.20. The van der Waals surface area contributed by atoms with E-state index in [2.05, 4.69) is 22.8 Å². The fraction of sp³-hybridized carbons (Fsp3) is 0.286. The Labute approximate surface area is 157 Å². The Hall–Kier alpha value is -3.15. The normalized spacial score (nSPS) is 12.5. The molecule has 0 spiro atoms. The first-order valence-corrected chi connectivity index (χ1v) is 9.02. The van der Waals surface area contributed by atoms with E-state index < -0.39 is 0 Å². The number of ketones is 1. The van der Waals surface area contributed by atoms with E-state index in [1.807, 2.05) is 18.2 Å². The second kappa shape index (κ2) is 8.98. The summed E-state index contributed by atoms with van der Waals surface area (Å²) in [5, 5.41) is 5.52. The number of amides is 2. The molecule has 2 aromatic carbocycles. The van der Waals surface area contributed by atoms with Gasteiger partial charge in [0.1, 0.15) is 5.75 Å². The molecular weight excluding hydrogens is 344 g/mol. The van der Waals surface area contributed by atoms with Crippen molar-refractivity contribution < 1.29 is 19.1 Å². The van der Waals surface area contributed by atoms with E-state index in [-0.39, 0.29) is 37.0 Å². The molecule has 6 heteroatoms. The molecule has 0 unspecified atom stereocenters. The molecule has 2 aromatic rings. The molecule has 0 radical (unpaired) electrons. The third-order valence-electron chi connectivity index (χ3n) is 4.32. The van der Waals surface area contributed by atoms with Gasteiger partial charge in [-0.25, -0.2) is 0 Å². The lowest BCUT2D eigenvalue weighted by Gasteiger charge is -2.18. The van der Waals surface area contributed by atoms with Crippen LogP contribution in [0.2, 0.25) is 0 Å². The number of hydrogen-bond donors (Lipinski definition) is 2. The van der Waals surface area contributed by atoms with Crippen molar-refractivity contribution in [2.24, 2.45) is 0 Å². The Morgan fingerprint density at radius 2 is 1.89 bits per heavy atom. The summed E-state index contributed by atoms with van der Waals surface area (Å²) in [6.07, 6.45) is 2.03. The number of anilines is 1. The van der Waals surface area contributed by atoms with E-state index in [1.165, 1.54) is 5.56 Å². The second-order valence-corrected chi connectivity index (χ2v) is 6.41. The number of ether oxygens (including phenoxy) is 1. The fourth-order valence-electron chi connectivity index (χ4n) is 2.88. The van der Waals surface area contributed by atoms with Crippen molar-refractivity contribution in [3.63, 3.8) is 0 Å². The predicted molar refractivity (Wildman–Crippen MR) is 102 cm³/mol. The van der Waals surface area contributed by atoms with Gasteiger partial charge in [-0.05, 0) is 36.6 Å². The van der Waals surface area contributed by atoms with Gasteiger partial charge in [0.05, 0.1) is 5.69 Å². The third kappa shape index (κ3) is 5.41. The van der Waals surface area contributed by atoms with E-state index in [9.17, 15) is 14.4 Å². The predicted octanol–water partition coefficient (Wildman–Crippen LogP) is 2.73. The number of carbonyl (C=O) groups is 3. The van der Waals surface area contributed by atoms with Crippen molar-refractivity contribution in [1.82, 2.24) is 5.32 Å². The average Bonchev–Trinajstić information content (AvgIpc) is 2.69. The molecule has 1 heterocycles. The monoisotopic (exact) mass is 366 g/mol. The van der Waals surface area contributed by atoms with Gasteiger partial charge in [0.15, 0.2) is 12.4 Å². The highest BCUT2D eigenvalue weighted by Gasteiger charge is 2.18. The number of Topliss-reactive ketones (excluding diaryl/α,β-unsaturated/α-hetero) is 1. The minimum absolute atomic E-state index is 0.0231. The van der Waals surface area contributed by atoms with Crippen molar-refractivity contribution in [1.29, 1.82) is 0 Å². The topological polar surface area (TPSA) is 84.5 Å². The molecule has 1 aliphatic rings. The number of fused-ring (bicyclic) bond motifs is 1. The van der Waals surface area contributed by atoms with Crippen LogP contribution in [-0.4, -0.2) is 30.7 Å². The number of nitrogens with one attached hydrogen (secondary N) is 2. The molecule has 0 bridgehead atoms. The van der Waals surface area contributed by atoms with Gasteiger partial charge in [-0.15, -0.1) is 0 Å². The van der Waals surface area contributed by atoms with E-state index in [4.69, 9.17) is 4.74 Å². The molecule has 0 aliphatic carbocycles. The molecule has 0 saturated heterocycles. The van der Waals surface area contributed by atoms with Crippen molar-refractivity contribution in [3.05, 3.63) is 59.7 Å². The summed E-state index contributed by atoms with van der Waals surface area (Å²) in [5.41, 5.74) is 2.18. The fourth-order valence-corrected chi connectivity index (χ4v) is 2.88.